The summed E-state index contributed by atoms with van der Waals surface area (Å²) in [6.07, 6.45) is 90.7. The van der Waals surface area contributed by atoms with Crippen LogP contribution in [-0.2, 0) is 52.3 Å². The number of unbranched alkanes of at least 4 members (excludes halogenated alkanes) is 38. The van der Waals surface area contributed by atoms with Crippen LogP contribution in [-0.4, -0.2) is 138 Å². The van der Waals surface area contributed by atoms with Crippen molar-refractivity contribution in [2.24, 2.45) is 35.5 Å². The van der Waals surface area contributed by atoms with Crippen LogP contribution in [0.5, 0.6) is 0 Å². The number of nitrogens with zero attached hydrogens (tertiary/aromatic N) is 2. The summed E-state index contributed by atoms with van der Waals surface area (Å²) in [6, 6.07) is 0. The molecule has 0 N–H and O–H groups in total. The van der Waals surface area contributed by atoms with E-state index in [0.29, 0.717) is 93.9 Å². The van der Waals surface area contributed by atoms with Crippen molar-refractivity contribution in [1.29, 1.82) is 0 Å². The molecule has 0 bridgehead atoms. The fraction of sp³-hybridized carbons (Fsp3) is 0.964. The van der Waals surface area contributed by atoms with Crippen LogP contribution in [0.1, 0.15) is 543 Å². The van der Waals surface area contributed by atoms with Crippen molar-refractivity contribution in [2.45, 2.75) is 556 Å². The van der Waals surface area contributed by atoms with Crippen LogP contribution in [0.15, 0.2) is 0 Å². The van der Waals surface area contributed by atoms with Crippen LogP contribution in [0.25, 0.3) is 0 Å². The number of esters is 4. The summed E-state index contributed by atoms with van der Waals surface area (Å²) in [5.41, 5.74) is 0. The quantitative estimate of drug-likeness (QED) is 0.0325. The predicted octanol–water partition coefficient (Wildman–Crippen LogP) is 32.1. The van der Waals surface area contributed by atoms with Crippen LogP contribution < -0.4 is 0 Å². The van der Waals surface area contributed by atoms with E-state index >= 15 is 0 Å². The molecule has 6 unspecified atom stereocenters. The monoisotopic (exact) mass is 1740 g/mol. The van der Waals surface area contributed by atoms with Crippen molar-refractivity contribution < 1.29 is 52.3 Å². The maximum atomic E-state index is 13.0. The third-order valence-corrected chi connectivity index (χ3v) is 28.4. The number of morpholine rings is 1. The Kier molecular flexibility index (Phi) is 85.6. The molecule has 2 heterocycles. The van der Waals surface area contributed by atoms with Gasteiger partial charge < -0.3 is 38.1 Å². The highest BCUT2D eigenvalue weighted by Crippen LogP contribution is 2.33. The molecule has 0 amide bonds. The maximum absolute atomic E-state index is 13.0. The van der Waals surface area contributed by atoms with Gasteiger partial charge in [-0.3, -0.25) is 24.1 Å². The Labute approximate surface area is 764 Å². The van der Waals surface area contributed by atoms with Crippen molar-refractivity contribution in [3.63, 3.8) is 0 Å². The van der Waals surface area contributed by atoms with Crippen molar-refractivity contribution >= 4 is 23.9 Å². The number of carbonyl (C=O) groups is 4. The van der Waals surface area contributed by atoms with Crippen molar-refractivity contribution in [3.8, 4) is 0 Å². The minimum absolute atomic E-state index is 0.000822. The van der Waals surface area contributed by atoms with Crippen molar-refractivity contribution in [2.75, 3.05) is 92.1 Å². The first-order valence-electron chi connectivity index (χ1n) is 55.3. The molecule has 728 valence electrons. The molecule has 0 aliphatic carbocycles. The second-order valence-electron chi connectivity index (χ2n) is 39.6. The zero-order valence-electron chi connectivity index (χ0n) is 83.6. The summed E-state index contributed by atoms with van der Waals surface area (Å²) >= 11 is 0. The Morgan fingerprint density at radius 2 is 0.512 bits per heavy atom. The first-order valence-corrected chi connectivity index (χ1v) is 55.3. The second-order valence-corrected chi connectivity index (χ2v) is 39.6. The molecule has 13 heteroatoms. The summed E-state index contributed by atoms with van der Waals surface area (Å²) in [7, 11) is 0. The fourth-order valence-corrected chi connectivity index (χ4v) is 19.7. The van der Waals surface area contributed by atoms with Gasteiger partial charge in [0.1, 0.15) is 0 Å². The SMILES string of the molecule is CCCCCC(CCCCC)CCOC(=O)CCCCCCCCCC(CCCCCCCCCC(=O)OCCC(CCCCC)CCC(CC)C(C)CCCC(CCCCC)CCOC(=O)CCCCCCCCCC(CCCCCCCCCC(=O)OCCC(CCCCC)CCCCC)OCCCCN1CCOCC1)OCCCCN1CCCC1. The van der Waals surface area contributed by atoms with Gasteiger partial charge in [-0.1, -0.05) is 396 Å². The number of carbonyl (C=O) groups excluding carboxylic acids is 4. The van der Waals surface area contributed by atoms with Crippen molar-refractivity contribution in [3.05, 3.63) is 0 Å². The molecular weight excluding hydrogens is 1530 g/mol. The van der Waals surface area contributed by atoms with Crippen LogP contribution in [0, 0.1) is 35.5 Å². The van der Waals surface area contributed by atoms with Crippen LogP contribution in [0.4, 0.5) is 0 Å². The number of likely N-dealkylation sites (tertiary alicyclic amines) is 1. The van der Waals surface area contributed by atoms with Gasteiger partial charge in [-0.15, -0.1) is 0 Å². The van der Waals surface area contributed by atoms with Gasteiger partial charge in [0.05, 0.1) is 51.8 Å². The molecule has 2 rings (SSSR count). The Hall–Kier alpha value is -2.32. The number of rotatable bonds is 97. The molecule has 123 heavy (non-hydrogen) atoms. The highest BCUT2D eigenvalue weighted by molar-refractivity contribution is 5.70. The molecule has 2 saturated heterocycles. The van der Waals surface area contributed by atoms with Gasteiger partial charge in [-0.2, -0.15) is 0 Å². The largest absolute Gasteiger partial charge is 0.466 e. The molecule has 13 nitrogen and oxygen atoms in total. The standard InChI is InChI=1S/C110H212N2O11/c1-9-16-42-64-100(65-43-17-10-2)81-93-120-107(113)75-52-38-30-22-26-34-48-71-105(118-91-60-58-87-111-85-56-57-86-111)72-49-35-29-25-33-41-55-78-110(116)123-96-84-103(69-47-21-14-6)79-80-104(15-7)99(8)63-62-70-102(68-46-20-13-5)83-95-122-109(115)77-54-40-32-24-28-37-51-74-106(119-92-61-59-88-112-89-97-117-98-90-112)73-50-36-27-23-31-39-53-76-108(114)121-94-82-101(66-44-18-11-3)67-45-19-12-4/h99-106H,9-98H2,1-8H3. The zero-order valence-corrected chi connectivity index (χ0v) is 83.6. The average Bonchev–Trinajstić information content (AvgIpc) is 1.40. The highest BCUT2D eigenvalue weighted by atomic mass is 16.5. The normalized spacial score (nSPS) is 15.0. The van der Waals surface area contributed by atoms with E-state index in [0.717, 1.165) is 135 Å². The average molecular weight is 1740 g/mol. The summed E-state index contributed by atoms with van der Waals surface area (Å²) in [5, 5.41) is 0. The van der Waals surface area contributed by atoms with Gasteiger partial charge in [0.2, 0.25) is 0 Å². The van der Waals surface area contributed by atoms with Gasteiger partial charge in [0.25, 0.3) is 0 Å². The molecule has 0 aromatic carbocycles. The van der Waals surface area contributed by atoms with E-state index in [1.54, 1.807) is 0 Å². The molecule has 2 fully saturated rings. The summed E-state index contributed by atoms with van der Waals surface area (Å²) < 4.78 is 42.1. The van der Waals surface area contributed by atoms with E-state index in [1.165, 1.54) is 398 Å². The predicted molar refractivity (Wildman–Crippen MR) is 524 cm³/mol. The minimum atomic E-state index is -0.000822. The molecule has 0 aromatic rings. The molecular formula is C110H212N2O11. The van der Waals surface area contributed by atoms with Gasteiger partial charge in [0, 0.05) is 52.0 Å². The third kappa shape index (κ3) is 76.0. The van der Waals surface area contributed by atoms with E-state index in [9.17, 15) is 19.2 Å². The number of ether oxygens (including phenoxy) is 7. The van der Waals surface area contributed by atoms with Crippen LogP contribution in [0.3, 0.4) is 0 Å². The molecule has 2 aliphatic heterocycles. The number of hydrogen-bond donors (Lipinski definition) is 0. The van der Waals surface area contributed by atoms with Crippen LogP contribution in [0.2, 0.25) is 0 Å². The summed E-state index contributed by atoms with van der Waals surface area (Å²) in [4.78, 5) is 56.3. The lowest BCUT2D eigenvalue weighted by Gasteiger charge is -2.26. The lowest BCUT2D eigenvalue weighted by molar-refractivity contribution is -0.145. The molecule has 6 atom stereocenters. The van der Waals surface area contributed by atoms with Crippen LogP contribution >= 0.6 is 0 Å². The molecule has 0 saturated carbocycles. The molecule has 0 aromatic heterocycles. The molecule has 2 aliphatic rings. The third-order valence-electron chi connectivity index (χ3n) is 28.4. The summed E-state index contributed by atoms with van der Waals surface area (Å²) in [5.74, 6) is 4.12. The maximum Gasteiger partial charge on any atom is 0.305 e. The van der Waals surface area contributed by atoms with E-state index < -0.39 is 0 Å². The zero-order chi connectivity index (χ0) is 88.7. The first-order chi connectivity index (χ1) is 60.5. The van der Waals surface area contributed by atoms with Gasteiger partial charge in [-0.25, -0.2) is 0 Å². The lowest BCUT2D eigenvalue weighted by atomic mass is 9.80. The lowest BCUT2D eigenvalue weighted by Crippen LogP contribution is -2.36. The summed E-state index contributed by atoms with van der Waals surface area (Å²) in [6.45, 7) is 31.5. The van der Waals surface area contributed by atoms with Gasteiger partial charge in [0.15, 0.2) is 0 Å². The Bertz CT molecular complexity index is 2210. The topological polar surface area (TPSA) is 139 Å². The highest BCUT2D eigenvalue weighted by Gasteiger charge is 2.23. The Morgan fingerprint density at radius 3 is 0.805 bits per heavy atom. The van der Waals surface area contributed by atoms with Crippen molar-refractivity contribution in [1.82, 2.24) is 9.80 Å². The molecule has 0 radical (unpaired) electrons. The van der Waals surface area contributed by atoms with E-state index in [4.69, 9.17) is 33.2 Å². The van der Waals surface area contributed by atoms with Gasteiger partial charge >= 0.3 is 23.9 Å². The van der Waals surface area contributed by atoms with E-state index in [-0.39, 0.29) is 23.9 Å². The second kappa shape index (κ2) is 90.2. The van der Waals surface area contributed by atoms with Gasteiger partial charge in [-0.05, 0) is 184 Å². The Balaban J connectivity index is 1.63. The molecule has 0 spiro atoms. The smallest absolute Gasteiger partial charge is 0.305 e. The van der Waals surface area contributed by atoms with E-state index in [1.807, 2.05) is 0 Å². The minimum Gasteiger partial charge on any atom is -0.466 e. The fourth-order valence-electron chi connectivity index (χ4n) is 19.7. The number of hydrogen-bond acceptors (Lipinski definition) is 13. The Morgan fingerprint density at radius 1 is 0.252 bits per heavy atom. The first kappa shape index (κ1) is 117. The van der Waals surface area contributed by atoms with E-state index in [2.05, 4.69) is 65.2 Å².